The number of piperazine rings is 1. The van der Waals surface area contributed by atoms with Crippen LogP contribution in [0.5, 0.6) is 0 Å². The number of hydrogen-bond donors (Lipinski definition) is 0. The summed E-state index contributed by atoms with van der Waals surface area (Å²) in [5.41, 5.74) is 0.474. The van der Waals surface area contributed by atoms with Gasteiger partial charge >= 0.3 is 6.09 Å². The van der Waals surface area contributed by atoms with E-state index < -0.39 is 5.60 Å². The van der Waals surface area contributed by atoms with Crippen molar-refractivity contribution in [2.24, 2.45) is 0 Å². The van der Waals surface area contributed by atoms with E-state index in [1.54, 1.807) is 15.7 Å². The Kier molecular flexibility index (Phi) is 4.18. The predicted octanol–water partition coefficient (Wildman–Crippen LogP) is 2.55. The highest BCUT2D eigenvalue weighted by Crippen LogP contribution is 2.27. The molecular weight excluding hydrogens is 362 g/mol. The van der Waals surface area contributed by atoms with Crippen molar-refractivity contribution in [1.29, 1.82) is 0 Å². The molecule has 124 valence electrons. The molecule has 0 saturated carbocycles. The molecule has 1 saturated heterocycles. The molecule has 3 rings (SSSR count). The van der Waals surface area contributed by atoms with Crippen molar-refractivity contribution < 1.29 is 9.53 Å². The van der Waals surface area contributed by atoms with Crippen LogP contribution in [0.1, 0.15) is 20.8 Å². The summed E-state index contributed by atoms with van der Waals surface area (Å²) >= 11 is 3.54. The van der Waals surface area contributed by atoms with Gasteiger partial charge < -0.3 is 14.5 Å². The van der Waals surface area contributed by atoms with Crippen molar-refractivity contribution in [2.45, 2.75) is 26.4 Å². The van der Waals surface area contributed by atoms with E-state index >= 15 is 0 Å². The molecule has 8 heteroatoms. The number of fused-ring (bicyclic) bond motifs is 1. The van der Waals surface area contributed by atoms with Gasteiger partial charge in [-0.05, 0) is 42.8 Å². The maximum Gasteiger partial charge on any atom is 0.410 e. The van der Waals surface area contributed by atoms with Crippen LogP contribution in [-0.4, -0.2) is 57.4 Å². The molecule has 0 aromatic carbocycles. The Morgan fingerprint density at radius 2 is 1.96 bits per heavy atom. The van der Waals surface area contributed by atoms with Crippen molar-refractivity contribution in [3.63, 3.8) is 0 Å². The Morgan fingerprint density at radius 1 is 1.26 bits per heavy atom. The first kappa shape index (κ1) is 16.0. The van der Waals surface area contributed by atoms with Crippen molar-refractivity contribution in [2.75, 3.05) is 31.1 Å². The Labute approximate surface area is 143 Å². The largest absolute Gasteiger partial charge is 0.444 e. The molecule has 0 aliphatic carbocycles. The number of carbonyl (C=O) groups excluding carboxylic acids is 1. The molecule has 1 fully saturated rings. The first-order chi connectivity index (χ1) is 10.8. The Bertz CT molecular complexity index is 716. The molecule has 1 amide bonds. The topological polar surface area (TPSA) is 63.0 Å². The second kappa shape index (κ2) is 5.99. The van der Waals surface area contributed by atoms with Gasteiger partial charge in [0.05, 0.1) is 0 Å². The minimum atomic E-state index is -0.468. The lowest BCUT2D eigenvalue weighted by Gasteiger charge is -2.36. The highest BCUT2D eigenvalue weighted by atomic mass is 79.9. The van der Waals surface area contributed by atoms with E-state index in [1.165, 1.54) is 0 Å². The lowest BCUT2D eigenvalue weighted by atomic mass is 10.2. The van der Waals surface area contributed by atoms with Gasteiger partial charge in [0.15, 0.2) is 5.82 Å². The number of carbonyl (C=O) groups is 1. The number of ether oxygens (including phenoxy) is 1. The number of halogens is 1. The molecule has 23 heavy (non-hydrogen) atoms. The number of nitrogens with zero attached hydrogens (tertiary/aromatic N) is 5. The number of hydrogen-bond acceptors (Lipinski definition) is 5. The van der Waals surface area contributed by atoms with Gasteiger partial charge in [-0.3, -0.25) is 0 Å². The first-order valence-electron chi connectivity index (χ1n) is 7.56. The van der Waals surface area contributed by atoms with Gasteiger partial charge in [-0.2, -0.15) is 5.10 Å². The Morgan fingerprint density at radius 3 is 2.61 bits per heavy atom. The summed E-state index contributed by atoms with van der Waals surface area (Å²) in [7, 11) is 0. The molecule has 2 aromatic rings. The van der Waals surface area contributed by atoms with E-state index in [4.69, 9.17) is 4.74 Å². The average Bonchev–Trinajstić information content (AvgIpc) is 2.87. The molecule has 7 nitrogen and oxygen atoms in total. The van der Waals surface area contributed by atoms with Crippen molar-refractivity contribution in [3.05, 3.63) is 23.1 Å². The molecule has 1 aliphatic heterocycles. The number of amides is 1. The van der Waals surface area contributed by atoms with Crippen LogP contribution in [0.4, 0.5) is 10.6 Å². The average molecular weight is 382 g/mol. The molecule has 3 heterocycles. The van der Waals surface area contributed by atoms with Crippen molar-refractivity contribution >= 4 is 33.4 Å². The number of anilines is 1. The normalized spacial score (nSPS) is 16.0. The van der Waals surface area contributed by atoms with Crippen LogP contribution in [0, 0.1) is 0 Å². The molecule has 1 aliphatic rings. The fraction of sp³-hybridized carbons (Fsp3) is 0.533. The Balaban J connectivity index is 1.71. The van der Waals surface area contributed by atoms with E-state index in [-0.39, 0.29) is 6.09 Å². The summed E-state index contributed by atoms with van der Waals surface area (Å²) in [4.78, 5) is 20.5. The molecular formula is C15H20BrN5O2. The zero-order chi connectivity index (χ0) is 16.6. The molecule has 0 atom stereocenters. The van der Waals surface area contributed by atoms with Crippen LogP contribution >= 0.6 is 15.9 Å². The standard InChI is InChI=1S/C15H20BrN5O2/c1-15(2,3)23-14(22)20-8-6-19(7-9-20)13-12-11(16)4-5-21(12)18-10-17-13/h4-5,10H,6-9H2,1-3H3. The fourth-order valence-electron chi connectivity index (χ4n) is 2.56. The van der Waals surface area contributed by atoms with Crippen LogP contribution in [-0.2, 0) is 4.74 Å². The number of aromatic nitrogens is 3. The van der Waals surface area contributed by atoms with Gasteiger partial charge in [-0.1, -0.05) is 0 Å². The smallest absolute Gasteiger partial charge is 0.410 e. The van der Waals surface area contributed by atoms with Crippen LogP contribution in [0.15, 0.2) is 23.1 Å². The zero-order valence-corrected chi connectivity index (χ0v) is 15.1. The van der Waals surface area contributed by atoms with Crippen molar-refractivity contribution in [3.8, 4) is 0 Å². The summed E-state index contributed by atoms with van der Waals surface area (Å²) < 4.78 is 8.19. The van der Waals surface area contributed by atoms with Crippen LogP contribution in [0.2, 0.25) is 0 Å². The molecule has 2 aromatic heterocycles. The predicted molar refractivity (Wildman–Crippen MR) is 90.7 cm³/mol. The summed E-state index contributed by atoms with van der Waals surface area (Å²) in [6, 6.07) is 1.95. The Hall–Kier alpha value is -1.83. The van der Waals surface area contributed by atoms with Gasteiger partial charge in [0.1, 0.15) is 17.4 Å². The fourth-order valence-corrected chi connectivity index (χ4v) is 3.04. The third-order valence-corrected chi connectivity index (χ3v) is 4.26. The van der Waals surface area contributed by atoms with Crippen LogP contribution < -0.4 is 4.90 Å². The van der Waals surface area contributed by atoms with Crippen LogP contribution in [0.25, 0.3) is 5.52 Å². The minimum Gasteiger partial charge on any atom is -0.444 e. The summed E-state index contributed by atoms with van der Waals surface area (Å²) in [6.45, 7) is 8.29. The monoisotopic (exact) mass is 381 g/mol. The second-order valence-corrected chi connectivity index (χ2v) is 7.35. The van der Waals surface area contributed by atoms with Gasteiger partial charge in [0.2, 0.25) is 0 Å². The van der Waals surface area contributed by atoms with E-state index in [1.807, 2.05) is 33.0 Å². The molecule has 0 N–H and O–H groups in total. The molecule has 0 spiro atoms. The molecule has 0 unspecified atom stereocenters. The van der Waals surface area contributed by atoms with E-state index in [0.717, 1.165) is 15.8 Å². The van der Waals surface area contributed by atoms with Crippen LogP contribution in [0.3, 0.4) is 0 Å². The lowest BCUT2D eigenvalue weighted by Crippen LogP contribution is -2.50. The van der Waals surface area contributed by atoms with Gasteiger partial charge in [0, 0.05) is 36.8 Å². The first-order valence-corrected chi connectivity index (χ1v) is 8.35. The third-order valence-electron chi connectivity index (χ3n) is 3.62. The lowest BCUT2D eigenvalue weighted by molar-refractivity contribution is 0.0240. The summed E-state index contributed by atoms with van der Waals surface area (Å²) in [5.74, 6) is 0.876. The summed E-state index contributed by atoms with van der Waals surface area (Å²) in [6.07, 6.45) is 3.19. The minimum absolute atomic E-state index is 0.256. The van der Waals surface area contributed by atoms with Gasteiger partial charge in [-0.15, -0.1) is 0 Å². The quantitative estimate of drug-likeness (QED) is 0.759. The van der Waals surface area contributed by atoms with Gasteiger partial charge in [-0.25, -0.2) is 14.3 Å². The highest BCUT2D eigenvalue weighted by Gasteiger charge is 2.27. The second-order valence-electron chi connectivity index (χ2n) is 6.49. The zero-order valence-electron chi connectivity index (χ0n) is 13.5. The third kappa shape index (κ3) is 3.41. The SMILES string of the molecule is CC(C)(C)OC(=O)N1CCN(c2ncnn3ccc(Br)c23)CC1. The molecule has 0 radical (unpaired) electrons. The van der Waals surface area contributed by atoms with Crippen molar-refractivity contribution in [1.82, 2.24) is 19.5 Å². The number of rotatable bonds is 1. The van der Waals surface area contributed by atoms with E-state index in [9.17, 15) is 4.79 Å². The van der Waals surface area contributed by atoms with E-state index in [2.05, 4.69) is 30.9 Å². The maximum atomic E-state index is 12.1. The van der Waals surface area contributed by atoms with Gasteiger partial charge in [0.25, 0.3) is 0 Å². The van der Waals surface area contributed by atoms with E-state index in [0.29, 0.717) is 26.2 Å². The summed E-state index contributed by atoms with van der Waals surface area (Å²) in [5, 5.41) is 4.21. The highest BCUT2D eigenvalue weighted by molar-refractivity contribution is 9.10. The maximum absolute atomic E-state index is 12.1. The molecule has 0 bridgehead atoms.